The molecule has 2 N–H and O–H groups in total. The van der Waals surface area contributed by atoms with Gasteiger partial charge in [0.1, 0.15) is 5.75 Å². The number of anilines is 2. The van der Waals surface area contributed by atoms with E-state index in [2.05, 4.69) is 39.0 Å². The number of hydrogen-bond donors (Lipinski definition) is 2. The third-order valence-corrected chi connectivity index (χ3v) is 6.14. The molecule has 0 saturated heterocycles. The van der Waals surface area contributed by atoms with E-state index in [1.165, 1.54) is 11.3 Å². The van der Waals surface area contributed by atoms with Gasteiger partial charge in [0.2, 0.25) is 11.0 Å². The molecule has 3 aromatic rings. The van der Waals surface area contributed by atoms with Gasteiger partial charge in [-0.3, -0.25) is 4.79 Å². The van der Waals surface area contributed by atoms with E-state index >= 15 is 0 Å². The zero-order chi connectivity index (χ0) is 19.3. The largest absolute Gasteiger partial charge is 0.497 e. The van der Waals surface area contributed by atoms with Gasteiger partial charge in [0.25, 0.3) is 0 Å². The van der Waals surface area contributed by atoms with Gasteiger partial charge in [-0.2, -0.15) is 0 Å². The number of carbonyl (C=O) groups is 1. The standard InChI is InChI=1S/C20H18N4O2S2/c1-26-14-8-6-13(7-9-14)12-18(25)22-19-23-24-20(28-19)27-17-10-11-21-16-5-3-2-4-15(16)17/h2-10,21H,11-12H2,1H3,(H,22,23,25). The minimum atomic E-state index is -0.121. The maximum Gasteiger partial charge on any atom is 0.230 e. The molecule has 0 saturated carbocycles. The third-order valence-electron chi connectivity index (χ3n) is 4.15. The average Bonchev–Trinajstić information content (AvgIpc) is 3.15. The molecule has 1 amide bonds. The molecule has 1 aliphatic rings. The number of methoxy groups -OCH3 is 1. The summed E-state index contributed by atoms with van der Waals surface area (Å²) in [7, 11) is 1.62. The molecular formula is C20H18N4O2S2. The lowest BCUT2D eigenvalue weighted by atomic mass is 10.1. The number of hydrogen-bond acceptors (Lipinski definition) is 7. The molecular weight excluding hydrogens is 392 g/mol. The van der Waals surface area contributed by atoms with Gasteiger partial charge >= 0.3 is 0 Å². The number of ether oxygens (including phenoxy) is 1. The van der Waals surface area contributed by atoms with Crippen LogP contribution in [-0.4, -0.2) is 29.8 Å². The molecule has 28 heavy (non-hydrogen) atoms. The number of carbonyl (C=O) groups excluding carboxylic acids is 1. The Labute approximate surface area is 171 Å². The first kappa shape index (κ1) is 18.5. The Hall–Kier alpha value is -2.84. The van der Waals surface area contributed by atoms with Crippen LogP contribution in [0.2, 0.25) is 0 Å². The topological polar surface area (TPSA) is 76.1 Å². The van der Waals surface area contributed by atoms with Gasteiger partial charge in [-0.15, -0.1) is 10.2 Å². The van der Waals surface area contributed by atoms with Gasteiger partial charge < -0.3 is 15.4 Å². The fraction of sp³-hybridized carbons (Fsp3) is 0.150. The normalized spacial score (nSPS) is 12.5. The summed E-state index contributed by atoms with van der Waals surface area (Å²) in [6, 6.07) is 15.6. The summed E-state index contributed by atoms with van der Waals surface area (Å²) >= 11 is 2.94. The van der Waals surface area contributed by atoms with Crippen molar-refractivity contribution in [1.29, 1.82) is 0 Å². The number of rotatable bonds is 6. The van der Waals surface area contributed by atoms with Crippen LogP contribution in [0.15, 0.2) is 58.9 Å². The van der Waals surface area contributed by atoms with Gasteiger partial charge in [0.05, 0.1) is 13.5 Å². The van der Waals surface area contributed by atoms with Crippen LogP contribution in [-0.2, 0) is 11.2 Å². The van der Waals surface area contributed by atoms with Crippen molar-refractivity contribution < 1.29 is 9.53 Å². The SMILES string of the molecule is COc1ccc(CC(=O)Nc2nnc(SC3=CCNc4ccccc43)s2)cc1. The molecule has 0 atom stereocenters. The third kappa shape index (κ3) is 4.35. The monoisotopic (exact) mass is 410 g/mol. The molecule has 0 unspecified atom stereocenters. The maximum absolute atomic E-state index is 12.3. The predicted molar refractivity (Wildman–Crippen MR) is 114 cm³/mol. The highest BCUT2D eigenvalue weighted by atomic mass is 32.2. The first-order valence-electron chi connectivity index (χ1n) is 8.69. The Balaban J connectivity index is 1.38. The molecule has 6 nitrogen and oxygen atoms in total. The van der Waals surface area contributed by atoms with Crippen molar-refractivity contribution in [3.05, 3.63) is 65.7 Å². The summed E-state index contributed by atoms with van der Waals surface area (Å²) in [5, 5.41) is 15.0. The van der Waals surface area contributed by atoms with E-state index in [-0.39, 0.29) is 12.3 Å². The molecule has 1 aliphatic heterocycles. The minimum Gasteiger partial charge on any atom is -0.497 e. The van der Waals surface area contributed by atoms with Gasteiger partial charge in [0, 0.05) is 22.7 Å². The second kappa shape index (κ2) is 8.45. The van der Waals surface area contributed by atoms with E-state index in [4.69, 9.17) is 4.74 Å². The molecule has 1 aromatic heterocycles. The minimum absolute atomic E-state index is 0.121. The lowest BCUT2D eigenvalue weighted by Gasteiger charge is -2.17. The van der Waals surface area contributed by atoms with E-state index in [1.807, 2.05) is 36.4 Å². The number of benzene rings is 2. The Morgan fingerprint density at radius 2 is 2.04 bits per heavy atom. The van der Waals surface area contributed by atoms with Crippen LogP contribution < -0.4 is 15.4 Å². The Bertz CT molecular complexity index is 1020. The highest BCUT2D eigenvalue weighted by Crippen LogP contribution is 2.41. The number of amides is 1. The quantitative estimate of drug-likeness (QED) is 0.591. The highest BCUT2D eigenvalue weighted by molar-refractivity contribution is 8.09. The lowest BCUT2D eigenvalue weighted by Crippen LogP contribution is -2.14. The van der Waals surface area contributed by atoms with Crippen LogP contribution in [0.25, 0.3) is 4.91 Å². The second-order valence-electron chi connectivity index (χ2n) is 6.04. The highest BCUT2D eigenvalue weighted by Gasteiger charge is 2.16. The van der Waals surface area contributed by atoms with Crippen LogP contribution in [0.5, 0.6) is 5.75 Å². The first-order chi connectivity index (χ1) is 13.7. The number of para-hydroxylation sites is 1. The van der Waals surface area contributed by atoms with E-state index in [1.54, 1.807) is 18.9 Å². The molecule has 4 rings (SSSR count). The molecule has 0 bridgehead atoms. The Morgan fingerprint density at radius 3 is 2.86 bits per heavy atom. The molecule has 2 aromatic carbocycles. The summed E-state index contributed by atoms with van der Waals surface area (Å²) in [5.41, 5.74) is 3.18. The zero-order valence-electron chi connectivity index (χ0n) is 15.1. The number of thioether (sulfide) groups is 1. The molecule has 0 radical (unpaired) electrons. The zero-order valence-corrected chi connectivity index (χ0v) is 16.8. The fourth-order valence-corrected chi connectivity index (χ4v) is 4.69. The molecule has 0 aliphatic carbocycles. The van der Waals surface area contributed by atoms with E-state index in [0.29, 0.717) is 5.13 Å². The molecule has 142 valence electrons. The first-order valence-corrected chi connectivity index (χ1v) is 10.3. The van der Waals surface area contributed by atoms with Gasteiger partial charge in [-0.25, -0.2) is 0 Å². The Kier molecular flexibility index (Phi) is 5.59. The predicted octanol–water partition coefficient (Wildman–Crippen LogP) is 4.29. The van der Waals surface area contributed by atoms with Crippen molar-refractivity contribution in [2.45, 2.75) is 10.8 Å². The smallest absolute Gasteiger partial charge is 0.230 e. The number of nitrogens with zero attached hydrogens (tertiary/aromatic N) is 2. The van der Waals surface area contributed by atoms with Crippen LogP contribution in [0, 0.1) is 0 Å². The van der Waals surface area contributed by atoms with Crippen molar-refractivity contribution in [2.75, 3.05) is 24.3 Å². The van der Waals surface area contributed by atoms with Crippen molar-refractivity contribution in [2.24, 2.45) is 0 Å². The summed E-state index contributed by atoms with van der Waals surface area (Å²) in [4.78, 5) is 13.4. The maximum atomic E-state index is 12.3. The summed E-state index contributed by atoms with van der Waals surface area (Å²) < 4.78 is 5.92. The van der Waals surface area contributed by atoms with Crippen molar-refractivity contribution in [3.8, 4) is 5.75 Å². The van der Waals surface area contributed by atoms with Crippen molar-refractivity contribution in [3.63, 3.8) is 0 Å². The summed E-state index contributed by atoms with van der Waals surface area (Å²) in [6.45, 7) is 0.781. The van der Waals surface area contributed by atoms with Crippen LogP contribution in [0.3, 0.4) is 0 Å². The number of aromatic nitrogens is 2. The average molecular weight is 411 g/mol. The summed E-state index contributed by atoms with van der Waals surface area (Å²) in [6.07, 6.45) is 2.41. The van der Waals surface area contributed by atoms with Crippen LogP contribution in [0.4, 0.5) is 10.8 Å². The van der Waals surface area contributed by atoms with E-state index < -0.39 is 0 Å². The van der Waals surface area contributed by atoms with Crippen molar-refractivity contribution in [1.82, 2.24) is 10.2 Å². The van der Waals surface area contributed by atoms with Gasteiger partial charge in [-0.1, -0.05) is 59.5 Å². The molecule has 0 spiro atoms. The summed E-state index contributed by atoms with van der Waals surface area (Å²) in [5.74, 6) is 0.646. The van der Waals surface area contributed by atoms with Crippen LogP contribution >= 0.6 is 23.1 Å². The molecule has 8 heteroatoms. The fourth-order valence-electron chi connectivity index (χ4n) is 2.80. The van der Waals surface area contributed by atoms with Crippen LogP contribution in [0.1, 0.15) is 11.1 Å². The van der Waals surface area contributed by atoms with E-state index in [9.17, 15) is 4.79 Å². The number of nitrogens with one attached hydrogen (secondary N) is 2. The second-order valence-corrected chi connectivity index (χ2v) is 8.31. The Morgan fingerprint density at radius 1 is 1.21 bits per heavy atom. The molecule has 2 heterocycles. The van der Waals surface area contributed by atoms with Crippen molar-refractivity contribution >= 4 is 44.7 Å². The molecule has 0 fully saturated rings. The lowest BCUT2D eigenvalue weighted by molar-refractivity contribution is -0.115. The van der Waals surface area contributed by atoms with E-state index in [0.717, 1.165) is 38.4 Å². The van der Waals surface area contributed by atoms with Gasteiger partial charge in [0.15, 0.2) is 4.34 Å². The van der Waals surface area contributed by atoms with Gasteiger partial charge in [-0.05, 0) is 23.8 Å². The number of fused-ring (bicyclic) bond motifs is 1.